The van der Waals surface area contributed by atoms with Gasteiger partial charge in [-0.05, 0) is 74.6 Å². The predicted octanol–water partition coefficient (Wildman–Crippen LogP) is 3.77. The Morgan fingerprint density at radius 2 is 1.90 bits per heavy atom. The summed E-state index contributed by atoms with van der Waals surface area (Å²) in [5.74, 6) is -0.764. The number of nitrogens with one attached hydrogen (secondary N) is 2. The number of fused-ring (bicyclic) bond motifs is 1. The lowest BCUT2D eigenvalue weighted by Gasteiger charge is -2.20. The van der Waals surface area contributed by atoms with Crippen molar-refractivity contribution in [2.45, 2.75) is 45.2 Å². The summed E-state index contributed by atoms with van der Waals surface area (Å²) in [4.78, 5) is 32.4. The van der Waals surface area contributed by atoms with Gasteiger partial charge in [-0.15, -0.1) is 0 Å². The maximum atomic E-state index is 12.4. The molecule has 3 N–H and O–H groups in total. The normalized spacial score (nSPS) is 13.8. The Bertz CT molecular complexity index is 1150. The number of rotatable bonds is 6. The fraction of sp³-hybridized carbons (Fsp3) is 0.304. The van der Waals surface area contributed by atoms with Gasteiger partial charge in [-0.2, -0.15) is 0 Å². The van der Waals surface area contributed by atoms with Crippen molar-refractivity contribution in [2.75, 3.05) is 5.32 Å². The number of aromatic nitrogens is 2. The number of aryl methyl sites for hydroxylation is 1. The molecule has 0 atom stereocenters. The number of benzene rings is 2. The number of hydrogen-bond donors (Lipinski definition) is 3. The van der Waals surface area contributed by atoms with Gasteiger partial charge in [-0.1, -0.05) is 12.1 Å². The fourth-order valence-corrected chi connectivity index (χ4v) is 3.16. The number of carbonyl (C=O) groups is 2. The van der Waals surface area contributed by atoms with Gasteiger partial charge in [-0.25, -0.2) is 14.8 Å². The molecule has 4 rings (SSSR count). The first kappa shape index (κ1) is 19.8. The van der Waals surface area contributed by atoms with Crippen molar-refractivity contribution in [1.29, 1.82) is 0 Å². The molecule has 30 heavy (non-hydrogen) atoms. The van der Waals surface area contributed by atoms with Crippen LogP contribution >= 0.6 is 0 Å². The molecule has 0 unspecified atom stereocenters. The van der Waals surface area contributed by atoms with Crippen LogP contribution in [0.25, 0.3) is 22.0 Å². The molecule has 7 nitrogen and oxygen atoms in total. The molecule has 0 bridgehead atoms. The molecule has 2 aromatic carbocycles. The van der Waals surface area contributed by atoms with Crippen molar-refractivity contribution < 1.29 is 14.7 Å². The highest BCUT2D eigenvalue weighted by atomic mass is 16.4. The second kappa shape index (κ2) is 7.40. The molecule has 0 saturated heterocycles. The third-order valence-electron chi connectivity index (χ3n) is 5.26. The maximum Gasteiger partial charge on any atom is 0.328 e. The summed E-state index contributed by atoms with van der Waals surface area (Å²) >= 11 is 0. The van der Waals surface area contributed by atoms with E-state index in [0.717, 1.165) is 34.9 Å². The molecule has 1 heterocycles. The van der Waals surface area contributed by atoms with Crippen LogP contribution in [0.2, 0.25) is 0 Å². The first-order valence-corrected chi connectivity index (χ1v) is 9.93. The van der Waals surface area contributed by atoms with E-state index in [2.05, 4.69) is 20.6 Å². The number of hydrogen-bond acceptors (Lipinski definition) is 5. The molecule has 1 saturated carbocycles. The average Bonchev–Trinajstić information content (AvgIpc) is 3.51. The molecule has 0 radical (unpaired) electrons. The van der Waals surface area contributed by atoms with Gasteiger partial charge in [0.1, 0.15) is 5.54 Å². The summed E-state index contributed by atoms with van der Waals surface area (Å²) in [6.45, 7) is 5.13. The smallest absolute Gasteiger partial charge is 0.328 e. The summed E-state index contributed by atoms with van der Waals surface area (Å²) in [7, 11) is 0. The summed E-state index contributed by atoms with van der Waals surface area (Å²) in [5, 5.41) is 16.0. The average molecular weight is 404 g/mol. The van der Waals surface area contributed by atoms with Gasteiger partial charge in [-0.3, -0.25) is 4.79 Å². The van der Waals surface area contributed by atoms with E-state index in [4.69, 9.17) is 0 Å². The monoisotopic (exact) mass is 404 g/mol. The Balaban J connectivity index is 1.64. The molecular weight excluding hydrogens is 380 g/mol. The second-order valence-corrected chi connectivity index (χ2v) is 8.30. The Kier molecular flexibility index (Phi) is 4.89. The number of aliphatic carboxylic acids is 1. The van der Waals surface area contributed by atoms with Crippen molar-refractivity contribution in [1.82, 2.24) is 15.3 Å². The van der Waals surface area contributed by atoms with E-state index in [-0.39, 0.29) is 11.9 Å². The van der Waals surface area contributed by atoms with Crippen molar-refractivity contribution in [3.05, 3.63) is 53.7 Å². The minimum Gasteiger partial charge on any atom is -0.480 e. The van der Waals surface area contributed by atoms with Crippen LogP contribution in [0.4, 0.5) is 5.95 Å². The van der Waals surface area contributed by atoms with Crippen LogP contribution in [-0.2, 0) is 4.79 Å². The number of nitrogens with zero attached hydrogens (tertiary/aromatic N) is 2. The Morgan fingerprint density at radius 3 is 2.60 bits per heavy atom. The van der Waals surface area contributed by atoms with Crippen LogP contribution in [0.15, 0.2) is 42.6 Å². The Morgan fingerprint density at radius 1 is 1.13 bits per heavy atom. The van der Waals surface area contributed by atoms with Crippen molar-refractivity contribution in [2.24, 2.45) is 0 Å². The van der Waals surface area contributed by atoms with Gasteiger partial charge in [0.2, 0.25) is 5.95 Å². The SMILES string of the molecule is Cc1ccc(C(=O)NC2CC2)cc1-c1ccc2nc(NC(C)(C)C(=O)O)ncc2c1. The van der Waals surface area contributed by atoms with E-state index in [0.29, 0.717) is 17.1 Å². The van der Waals surface area contributed by atoms with E-state index in [9.17, 15) is 14.7 Å². The first-order chi connectivity index (χ1) is 14.2. The zero-order chi connectivity index (χ0) is 21.5. The molecule has 0 spiro atoms. The molecule has 1 aliphatic rings. The molecule has 154 valence electrons. The lowest BCUT2D eigenvalue weighted by molar-refractivity contribution is -0.141. The number of carbonyl (C=O) groups excluding carboxylic acids is 1. The molecule has 1 aromatic heterocycles. The molecule has 1 fully saturated rings. The molecule has 7 heteroatoms. The quantitative estimate of drug-likeness (QED) is 0.578. The van der Waals surface area contributed by atoms with Gasteiger partial charge < -0.3 is 15.7 Å². The Hall–Kier alpha value is -3.48. The van der Waals surface area contributed by atoms with Crippen LogP contribution in [0.3, 0.4) is 0 Å². The summed E-state index contributed by atoms with van der Waals surface area (Å²) in [6.07, 6.45) is 3.77. The number of carboxylic acid groups (broad SMARTS) is 1. The number of carboxylic acids is 1. The molecular formula is C23H24N4O3. The van der Waals surface area contributed by atoms with Gasteiger partial charge in [0.25, 0.3) is 5.91 Å². The largest absolute Gasteiger partial charge is 0.480 e. The van der Waals surface area contributed by atoms with Gasteiger partial charge in [0, 0.05) is 23.2 Å². The fourth-order valence-electron chi connectivity index (χ4n) is 3.16. The first-order valence-electron chi connectivity index (χ1n) is 9.93. The standard InChI is InChI=1S/C23H24N4O3/c1-13-4-5-15(20(28)25-17-7-8-17)11-18(13)14-6-9-19-16(10-14)12-24-22(26-19)27-23(2,3)21(29)30/h4-6,9-12,17H,7-8H2,1-3H3,(H,25,28)(H,29,30)(H,24,26,27). The zero-order valence-electron chi connectivity index (χ0n) is 17.2. The minimum absolute atomic E-state index is 0.0420. The second-order valence-electron chi connectivity index (χ2n) is 8.30. The van der Waals surface area contributed by atoms with Crippen molar-refractivity contribution in [3.63, 3.8) is 0 Å². The highest BCUT2D eigenvalue weighted by Crippen LogP contribution is 2.28. The van der Waals surface area contributed by atoms with E-state index >= 15 is 0 Å². The summed E-state index contributed by atoms with van der Waals surface area (Å²) in [6, 6.07) is 11.8. The number of amides is 1. The lowest BCUT2D eigenvalue weighted by Crippen LogP contribution is -2.40. The third-order valence-corrected chi connectivity index (χ3v) is 5.26. The van der Waals surface area contributed by atoms with Crippen LogP contribution in [0.1, 0.15) is 42.6 Å². The van der Waals surface area contributed by atoms with E-state index in [1.807, 2.05) is 43.3 Å². The van der Waals surface area contributed by atoms with Crippen LogP contribution in [0, 0.1) is 6.92 Å². The van der Waals surface area contributed by atoms with Gasteiger partial charge in [0.05, 0.1) is 5.52 Å². The van der Waals surface area contributed by atoms with Crippen molar-refractivity contribution in [3.8, 4) is 11.1 Å². The van der Waals surface area contributed by atoms with Crippen LogP contribution in [0.5, 0.6) is 0 Å². The maximum absolute atomic E-state index is 12.4. The van der Waals surface area contributed by atoms with E-state index < -0.39 is 11.5 Å². The highest BCUT2D eigenvalue weighted by molar-refractivity contribution is 5.96. The number of anilines is 1. The van der Waals surface area contributed by atoms with Crippen LogP contribution < -0.4 is 10.6 Å². The highest BCUT2D eigenvalue weighted by Gasteiger charge is 2.27. The van der Waals surface area contributed by atoms with Gasteiger partial charge >= 0.3 is 5.97 Å². The van der Waals surface area contributed by atoms with E-state index in [1.54, 1.807) is 20.0 Å². The lowest BCUT2D eigenvalue weighted by atomic mass is 9.97. The van der Waals surface area contributed by atoms with Crippen LogP contribution in [-0.4, -0.2) is 38.5 Å². The molecule has 0 aliphatic heterocycles. The topological polar surface area (TPSA) is 104 Å². The predicted molar refractivity (Wildman–Crippen MR) is 116 cm³/mol. The molecule has 3 aromatic rings. The molecule has 1 amide bonds. The van der Waals surface area contributed by atoms with Gasteiger partial charge in [0.15, 0.2) is 0 Å². The Labute approximate surface area is 174 Å². The summed E-state index contributed by atoms with van der Waals surface area (Å²) < 4.78 is 0. The van der Waals surface area contributed by atoms with E-state index in [1.165, 1.54) is 0 Å². The zero-order valence-corrected chi connectivity index (χ0v) is 17.2. The van der Waals surface area contributed by atoms with Crippen molar-refractivity contribution >= 4 is 28.7 Å². The third kappa shape index (κ3) is 4.10. The molecule has 1 aliphatic carbocycles. The summed E-state index contributed by atoms with van der Waals surface area (Å²) in [5.41, 5.74) is 3.20. The minimum atomic E-state index is -1.17.